The van der Waals surface area contributed by atoms with Crippen LogP contribution in [0.15, 0.2) is 42.5 Å². The van der Waals surface area contributed by atoms with E-state index in [1.807, 2.05) is 0 Å². The molecule has 8 heteroatoms. The van der Waals surface area contributed by atoms with E-state index in [1.54, 1.807) is 6.07 Å². The molecule has 0 fully saturated rings. The number of anilines is 2. The molecule has 3 aromatic rings. The van der Waals surface area contributed by atoms with Crippen LogP contribution >= 0.6 is 0 Å². The van der Waals surface area contributed by atoms with Gasteiger partial charge in [0.2, 0.25) is 0 Å². The van der Waals surface area contributed by atoms with Crippen molar-refractivity contribution < 1.29 is 26.7 Å². The minimum Gasteiger partial charge on any atom is -0.497 e. The van der Waals surface area contributed by atoms with Crippen LogP contribution in [0, 0.1) is 11.6 Å². The Morgan fingerprint density at radius 1 is 0.960 bits per heavy atom. The van der Waals surface area contributed by atoms with Gasteiger partial charge in [-0.05, 0) is 30.3 Å². The zero-order valence-electron chi connectivity index (χ0n) is 12.8. The zero-order chi connectivity index (χ0) is 18.2. The highest BCUT2D eigenvalue weighted by atomic mass is 19.4. The van der Waals surface area contributed by atoms with Gasteiger partial charge in [-0.2, -0.15) is 13.2 Å². The van der Waals surface area contributed by atoms with Crippen LogP contribution in [0.1, 0.15) is 5.69 Å². The number of alkyl halides is 3. The van der Waals surface area contributed by atoms with Gasteiger partial charge in [0.1, 0.15) is 11.4 Å². The average molecular weight is 354 g/mol. The number of hydrogen-bond acceptors (Lipinski definition) is 3. The molecule has 0 bridgehead atoms. The van der Waals surface area contributed by atoms with Crippen LogP contribution in [-0.4, -0.2) is 12.1 Å². The van der Waals surface area contributed by atoms with Crippen molar-refractivity contribution >= 4 is 22.3 Å². The van der Waals surface area contributed by atoms with Crippen molar-refractivity contribution in [3.05, 3.63) is 59.8 Å². The molecule has 25 heavy (non-hydrogen) atoms. The van der Waals surface area contributed by atoms with Crippen molar-refractivity contribution in [2.75, 3.05) is 12.4 Å². The van der Waals surface area contributed by atoms with Gasteiger partial charge in [-0.3, -0.25) is 0 Å². The average Bonchev–Trinajstić information content (AvgIpc) is 2.56. The van der Waals surface area contributed by atoms with E-state index < -0.39 is 23.5 Å². The third-order valence-electron chi connectivity index (χ3n) is 3.51. The summed E-state index contributed by atoms with van der Waals surface area (Å²) >= 11 is 0. The van der Waals surface area contributed by atoms with Gasteiger partial charge in [0.15, 0.2) is 11.6 Å². The van der Waals surface area contributed by atoms with Crippen LogP contribution in [0.3, 0.4) is 0 Å². The molecule has 0 saturated carbocycles. The third-order valence-corrected chi connectivity index (χ3v) is 3.51. The van der Waals surface area contributed by atoms with E-state index in [0.717, 1.165) is 18.2 Å². The van der Waals surface area contributed by atoms with Gasteiger partial charge in [0, 0.05) is 23.2 Å². The molecular formula is C17H11F5N2O. The van der Waals surface area contributed by atoms with Crippen molar-refractivity contribution in [3.63, 3.8) is 0 Å². The van der Waals surface area contributed by atoms with Crippen LogP contribution in [0.25, 0.3) is 10.9 Å². The van der Waals surface area contributed by atoms with E-state index in [9.17, 15) is 22.0 Å². The first-order chi connectivity index (χ1) is 11.8. The van der Waals surface area contributed by atoms with Crippen molar-refractivity contribution in [2.45, 2.75) is 6.18 Å². The van der Waals surface area contributed by atoms with Crippen molar-refractivity contribution in [3.8, 4) is 5.75 Å². The number of rotatable bonds is 3. The summed E-state index contributed by atoms with van der Waals surface area (Å²) in [5.74, 6) is -1.81. The predicted octanol–water partition coefficient (Wildman–Crippen LogP) is 5.28. The first kappa shape index (κ1) is 16.9. The van der Waals surface area contributed by atoms with E-state index in [1.165, 1.54) is 25.3 Å². The first-order valence-corrected chi connectivity index (χ1v) is 7.06. The molecule has 0 unspecified atom stereocenters. The van der Waals surface area contributed by atoms with Gasteiger partial charge in [-0.1, -0.05) is 0 Å². The Hall–Kier alpha value is -2.90. The maximum atomic E-state index is 13.3. The number of fused-ring (bicyclic) bond motifs is 1. The number of halogens is 5. The highest BCUT2D eigenvalue weighted by molar-refractivity contribution is 5.94. The van der Waals surface area contributed by atoms with E-state index in [4.69, 9.17) is 4.74 Å². The Bertz CT molecular complexity index is 940. The van der Waals surface area contributed by atoms with E-state index in [0.29, 0.717) is 11.1 Å². The SMILES string of the molecule is COc1ccc2c(Nc3ccc(F)c(F)c3)cc(C(F)(F)F)nc2c1. The second kappa shape index (κ2) is 6.19. The zero-order valence-corrected chi connectivity index (χ0v) is 12.8. The normalized spacial score (nSPS) is 11.6. The minimum atomic E-state index is -4.66. The van der Waals surface area contributed by atoms with Crippen LogP contribution < -0.4 is 10.1 Å². The molecule has 130 valence electrons. The maximum absolute atomic E-state index is 13.3. The fourth-order valence-electron chi connectivity index (χ4n) is 2.31. The van der Waals surface area contributed by atoms with Crippen LogP contribution in [0.5, 0.6) is 5.75 Å². The van der Waals surface area contributed by atoms with Gasteiger partial charge in [0.25, 0.3) is 0 Å². The minimum absolute atomic E-state index is 0.0549. The van der Waals surface area contributed by atoms with E-state index >= 15 is 0 Å². The molecule has 0 aliphatic rings. The molecule has 0 radical (unpaired) electrons. The van der Waals surface area contributed by atoms with Gasteiger partial charge in [-0.25, -0.2) is 13.8 Å². The molecule has 3 rings (SSSR count). The molecule has 1 N–H and O–H groups in total. The lowest BCUT2D eigenvalue weighted by Gasteiger charge is -2.14. The molecule has 0 atom stereocenters. The number of benzene rings is 2. The fourth-order valence-corrected chi connectivity index (χ4v) is 2.31. The van der Waals surface area contributed by atoms with Crippen molar-refractivity contribution in [1.82, 2.24) is 4.98 Å². The highest BCUT2D eigenvalue weighted by Crippen LogP contribution is 2.35. The molecule has 0 aliphatic heterocycles. The second-order valence-electron chi connectivity index (χ2n) is 5.19. The fraction of sp³-hybridized carbons (Fsp3) is 0.118. The van der Waals surface area contributed by atoms with Crippen LogP contribution in [0.4, 0.5) is 33.3 Å². The largest absolute Gasteiger partial charge is 0.497 e. The summed E-state index contributed by atoms with van der Waals surface area (Å²) in [6.45, 7) is 0. The lowest BCUT2D eigenvalue weighted by atomic mass is 10.1. The number of nitrogens with zero attached hydrogens (tertiary/aromatic N) is 1. The van der Waals surface area contributed by atoms with Crippen LogP contribution in [0.2, 0.25) is 0 Å². The molecule has 1 aromatic heterocycles. The molecular weight excluding hydrogens is 343 g/mol. The smallest absolute Gasteiger partial charge is 0.433 e. The number of hydrogen-bond donors (Lipinski definition) is 1. The number of nitrogens with one attached hydrogen (secondary N) is 1. The molecule has 1 heterocycles. The predicted molar refractivity (Wildman–Crippen MR) is 82.9 cm³/mol. The van der Waals surface area contributed by atoms with Crippen molar-refractivity contribution in [2.24, 2.45) is 0 Å². The lowest BCUT2D eigenvalue weighted by molar-refractivity contribution is -0.140. The Balaban J connectivity index is 2.15. The van der Waals surface area contributed by atoms with Gasteiger partial charge in [0.05, 0.1) is 18.3 Å². The summed E-state index contributed by atoms with van der Waals surface area (Å²) in [5.41, 5.74) is -0.890. The number of aromatic nitrogens is 1. The van der Waals surface area contributed by atoms with E-state index in [-0.39, 0.29) is 16.9 Å². The van der Waals surface area contributed by atoms with Crippen molar-refractivity contribution in [1.29, 1.82) is 0 Å². The van der Waals surface area contributed by atoms with Gasteiger partial charge < -0.3 is 10.1 Å². The molecule has 0 amide bonds. The maximum Gasteiger partial charge on any atom is 0.433 e. The Morgan fingerprint density at radius 2 is 1.72 bits per heavy atom. The summed E-state index contributed by atoms with van der Waals surface area (Å²) < 4.78 is 70.7. The summed E-state index contributed by atoms with van der Waals surface area (Å²) in [7, 11) is 1.38. The van der Waals surface area contributed by atoms with E-state index in [2.05, 4.69) is 10.3 Å². The first-order valence-electron chi connectivity index (χ1n) is 7.06. The summed E-state index contributed by atoms with van der Waals surface area (Å²) in [5, 5.41) is 3.05. The number of pyridine rings is 1. The summed E-state index contributed by atoms with van der Waals surface area (Å²) in [6, 6.07) is 8.24. The summed E-state index contributed by atoms with van der Waals surface area (Å²) in [4.78, 5) is 3.61. The van der Waals surface area contributed by atoms with Gasteiger partial charge >= 0.3 is 6.18 Å². The van der Waals surface area contributed by atoms with Crippen LogP contribution in [-0.2, 0) is 6.18 Å². The Labute approximate surface area is 139 Å². The summed E-state index contributed by atoms with van der Waals surface area (Å²) in [6.07, 6.45) is -4.66. The molecule has 0 aliphatic carbocycles. The lowest BCUT2D eigenvalue weighted by Crippen LogP contribution is -2.09. The highest BCUT2D eigenvalue weighted by Gasteiger charge is 2.33. The number of methoxy groups -OCH3 is 1. The topological polar surface area (TPSA) is 34.1 Å². The second-order valence-corrected chi connectivity index (χ2v) is 5.19. The monoisotopic (exact) mass is 354 g/mol. The molecule has 0 spiro atoms. The third kappa shape index (κ3) is 3.47. The Morgan fingerprint density at radius 3 is 2.36 bits per heavy atom. The number of ether oxygens (including phenoxy) is 1. The Kier molecular flexibility index (Phi) is 4.20. The molecule has 2 aromatic carbocycles. The van der Waals surface area contributed by atoms with Gasteiger partial charge in [-0.15, -0.1) is 0 Å². The molecule has 0 saturated heterocycles. The standard InChI is InChI=1S/C17H11F5N2O/c1-25-10-3-4-11-14(7-10)24-16(17(20,21)22)8-15(11)23-9-2-5-12(18)13(19)6-9/h2-8H,1H3,(H,23,24). The molecule has 3 nitrogen and oxygen atoms in total. The quantitative estimate of drug-likeness (QED) is 0.650.